The van der Waals surface area contributed by atoms with E-state index in [0.717, 1.165) is 68.2 Å². The molecule has 0 N–H and O–H groups in total. The second-order valence-electron chi connectivity index (χ2n) is 23.7. The van der Waals surface area contributed by atoms with Crippen molar-refractivity contribution in [3.8, 4) is 11.4 Å². The molecular formula is C87H68N6. The maximum absolute atomic E-state index is 2.38. The minimum absolute atomic E-state index is 1.05. The van der Waals surface area contributed by atoms with Crippen LogP contribution < -0.4 is 19.6 Å². The van der Waals surface area contributed by atoms with Crippen LogP contribution in [0.1, 0.15) is 16.7 Å². The molecule has 0 aliphatic rings. The lowest BCUT2D eigenvalue weighted by Crippen LogP contribution is -2.14. The van der Waals surface area contributed by atoms with Gasteiger partial charge in [0.05, 0.1) is 22.1 Å². The molecule has 6 heteroatoms. The number of aromatic nitrogens is 2. The van der Waals surface area contributed by atoms with Gasteiger partial charge in [0.15, 0.2) is 0 Å². The zero-order valence-corrected chi connectivity index (χ0v) is 52.2. The van der Waals surface area contributed by atoms with Crippen molar-refractivity contribution in [3.05, 3.63) is 375 Å². The zero-order valence-electron chi connectivity index (χ0n) is 52.2. The maximum Gasteiger partial charge on any atom is 0.0541 e. The third kappa shape index (κ3) is 11.4. The summed E-state index contributed by atoms with van der Waals surface area (Å²) in [6.07, 6.45) is 0. The second kappa shape index (κ2) is 25.4. The highest BCUT2D eigenvalue weighted by molar-refractivity contribution is 6.10. The largest absolute Gasteiger partial charge is 0.310 e. The van der Waals surface area contributed by atoms with Gasteiger partial charge in [0.1, 0.15) is 0 Å². The lowest BCUT2D eigenvalue weighted by Gasteiger charge is -2.30. The average molecular weight is 1200 g/mol. The Hall–Kier alpha value is -12.1. The molecule has 14 aromatic carbocycles. The number of para-hydroxylation sites is 7. The monoisotopic (exact) mass is 1200 g/mol. The van der Waals surface area contributed by atoms with E-state index < -0.39 is 0 Å². The van der Waals surface area contributed by atoms with Gasteiger partial charge in [0, 0.05) is 101 Å². The Morgan fingerprint density at radius 2 is 0.376 bits per heavy atom. The van der Waals surface area contributed by atoms with Crippen LogP contribution in [0.5, 0.6) is 0 Å². The molecule has 0 bridgehead atoms. The van der Waals surface area contributed by atoms with Crippen molar-refractivity contribution < 1.29 is 0 Å². The SMILES string of the molecule is Cc1cccc(N(c2ccccc2)c2ccc(N(c3ccc(N(c4ccccc4)c4cccc(C)c4)cc3)c3ccc(N(c4ccccc4)c4cccc(C)c4)cc3)cc2)c1.c1cc(-n2c3ccccc3c3ccccc32)cc(-n2c3ccccc3c3ccccc32)c1. The molecule has 0 saturated heterocycles. The molecule has 0 fully saturated rings. The molecule has 93 heavy (non-hydrogen) atoms. The molecular weight excluding hydrogens is 1130 g/mol. The first-order valence-corrected chi connectivity index (χ1v) is 31.8. The third-order valence-corrected chi connectivity index (χ3v) is 17.4. The Kier molecular flexibility index (Phi) is 15.7. The van der Waals surface area contributed by atoms with Gasteiger partial charge < -0.3 is 28.7 Å². The summed E-state index contributed by atoms with van der Waals surface area (Å²) in [5, 5.41) is 5.13. The summed E-state index contributed by atoms with van der Waals surface area (Å²) in [5.74, 6) is 0. The molecule has 0 saturated carbocycles. The summed E-state index contributed by atoms with van der Waals surface area (Å²) in [6.45, 7) is 6.43. The lowest BCUT2D eigenvalue weighted by molar-refractivity contribution is 1.13. The van der Waals surface area contributed by atoms with Gasteiger partial charge in [-0.3, -0.25) is 0 Å². The van der Waals surface area contributed by atoms with Crippen molar-refractivity contribution in [1.29, 1.82) is 0 Å². The highest BCUT2D eigenvalue weighted by Crippen LogP contribution is 2.44. The van der Waals surface area contributed by atoms with Crippen LogP contribution >= 0.6 is 0 Å². The van der Waals surface area contributed by atoms with Gasteiger partial charge in [-0.2, -0.15) is 0 Å². The molecule has 16 rings (SSSR count). The van der Waals surface area contributed by atoms with Gasteiger partial charge in [0.2, 0.25) is 0 Å². The summed E-state index contributed by atoms with van der Waals surface area (Å²) in [4.78, 5) is 9.29. The molecule has 0 aliphatic heterocycles. The van der Waals surface area contributed by atoms with Gasteiger partial charge in [-0.05, 0) is 226 Å². The van der Waals surface area contributed by atoms with Crippen molar-refractivity contribution in [2.45, 2.75) is 20.8 Å². The van der Waals surface area contributed by atoms with Crippen LogP contribution in [0.4, 0.5) is 68.2 Å². The summed E-state index contributed by atoms with van der Waals surface area (Å²) < 4.78 is 4.75. The molecule has 0 unspecified atom stereocenters. The van der Waals surface area contributed by atoms with Gasteiger partial charge >= 0.3 is 0 Å². The lowest BCUT2D eigenvalue weighted by atomic mass is 10.1. The first-order valence-electron chi connectivity index (χ1n) is 31.8. The van der Waals surface area contributed by atoms with Crippen molar-refractivity contribution in [2.75, 3.05) is 19.6 Å². The van der Waals surface area contributed by atoms with E-state index >= 15 is 0 Å². The fourth-order valence-electron chi connectivity index (χ4n) is 13.2. The van der Waals surface area contributed by atoms with Gasteiger partial charge in [-0.15, -0.1) is 0 Å². The van der Waals surface area contributed by atoms with Crippen LogP contribution in [0.3, 0.4) is 0 Å². The van der Waals surface area contributed by atoms with E-state index in [1.807, 2.05) is 0 Å². The fraction of sp³-hybridized carbons (Fsp3) is 0.0345. The molecule has 16 aromatic rings. The zero-order chi connectivity index (χ0) is 62.6. The Bertz CT molecular complexity index is 4700. The Morgan fingerprint density at radius 1 is 0.172 bits per heavy atom. The number of rotatable bonds is 14. The van der Waals surface area contributed by atoms with Crippen molar-refractivity contribution >= 4 is 112 Å². The van der Waals surface area contributed by atoms with Crippen molar-refractivity contribution in [3.63, 3.8) is 0 Å². The number of aryl methyl sites for hydroxylation is 3. The van der Waals surface area contributed by atoms with Gasteiger partial charge in [0.25, 0.3) is 0 Å². The number of benzene rings is 14. The van der Waals surface area contributed by atoms with E-state index in [1.165, 1.54) is 71.7 Å². The molecule has 6 nitrogen and oxygen atoms in total. The van der Waals surface area contributed by atoms with Crippen molar-refractivity contribution in [2.24, 2.45) is 0 Å². The predicted molar refractivity (Wildman–Crippen MR) is 395 cm³/mol. The third-order valence-electron chi connectivity index (χ3n) is 17.4. The molecule has 0 amide bonds. The van der Waals surface area contributed by atoms with Crippen LogP contribution in [-0.2, 0) is 0 Å². The van der Waals surface area contributed by atoms with Crippen molar-refractivity contribution in [1.82, 2.24) is 9.13 Å². The Morgan fingerprint density at radius 3 is 0.634 bits per heavy atom. The maximum atomic E-state index is 2.38. The summed E-state index contributed by atoms with van der Waals surface area (Å²) in [7, 11) is 0. The summed E-state index contributed by atoms with van der Waals surface area (Å²) in [5.41, 5.74) is 24.0. The Balaban J connectivity index is 0.000000186. The van der Waals surface area contributed by atoms with Gasteiger partial charge in [-0.25, -0.2) is 0 Å². The van der Waals surface area contributed by atoms with Gasteiger partial charge in [-0.1, -0.05) is 170 Å². The van der Waals surface area contributed by atoms with Crippen LogP contribution in [0, 0.1) is 20.8 Å². The highest BCUT2D eigenvalue weighted by atomic mass is 15.2. The Labute approximate surface area is 544 Å². The van der Waals surface area contributed by atoms with Crippen LogP contribution in [-0.4, -0.2) is 9.13 Å². The first-order chi connectivity index (χ1) is 45.9. The molecule has 0 atom stereocenters. The smallest absolute Gasteiger partial charge is 0.0541 e. The van der Waals surface area contributed by atoms with E-state index in [2.05, 4.69) is 407 Å². The molecule has 446 valence electrons. The number of anilines is 12. The number of nitrogens with zero attached hydrogens (tertiary/aromatic N) is 6. The summed E-state index contributed by atoms with van der Waals surface area (Å²) >= 11 is 0. The van der Waals surface area contributed by atoms with E-state index in [0.29, 0.717) is 0 Å². The predicted octanol–water partition coefficient (Wildman–Crippen LogP) is 24.4. The quantitative estimate of drug-likeness (QED) is 0.108. The topological polar surface area (TPSA) is 22.8 Å². The molecule has 2 aromatic heterocycles. The van der Waals surface area contributed by atoms with E-state index in [-0.39, 0.29) is 0 Å². The molecule has 0 radical (unpaired) electrons. The minimum Gasteiger partial charge on any atom is -0.310 e. The van der Waals surface area contributed by atoms with E-state index in [4.69, 9.17) is 0 Å². The second-order valence-corrected chi connectivity index (χ2v) is 23.7. The summed E-state index contributed by atoms with van der Waals surface area (Å²) in [6, 6.07) is 128. The number of hydrogen-bond acceptors (Lipinski definition) is 4. The van der Waals surface area contributed by atoms with Crippen LogP contribution in [0.15, 0.2) is 358 Å². The number of fused-ring (bicyclic) bond motifs is 6. The average Bonchev–Trinajstić information content (AvgIpc) is 1.64. The normalized spacial score (nSPS) is 11.2. The molecule has 2 heterocycles. The van der Waals surface area contributed by atoms with Crippen LogP contribution in [0.25, 0.3) is 55.0 Å². The standard InChI is InChI=1S/C57H48N4.C30H20N2/c1-43-16-13-25-55(40-43)59(46-19-7-4-8-20-46)52-34-28-49(29-35-52)58(50-30-36-53(37-31-50)60(47-21-9-5-10-22-47)56-26-14-17-44(2)41-56)51-32-38-54(39-33-51)61(48-23-11-6-12-24-48)57-27-15-18-45(3)42-57;1-5-16-27-23(12-1)24-13-2-6-17-28(24)31(27)21-10-9-11-22(20-21)32-29-18-7-3-14-25(29)26-15-4-8-19-30(26)32/h4-42H,1-3H3;1-20H. The fourth-order valence-corrected chi connectivity index (χ4v) is 13.2. The van der Waals surface area contributed by atoms with E-state index in [9.17, 15) is 0 Å². The molecule has 0 spiro atoms. The first kappa shape index (κ1) is 57.3. The minimum atomic E-state index is 1.05. The molecule has 0 aliphatic carbocycles. The van der Waals surface area contributed by atoms with Crippen LogP contribution in [0.2, 0.25) is 0 Å². The highest BCUT2D eigenvalue weighted by Gasteiger charge is 2.21. The van der Waals surface area contributed by atoms with E-state index in [1.54, 1.807) is 0 Å². The number of hydrogen-bond donors (Lipinski definition) is 0.